The van der Waals surface area contributed by atoms with Crippen molar-refractivity contribution < 1.29 is 4.74 Å². The molecule has 2 aliphatic rings. The second kappa shape index (κ2) is 8.22. The minimum Gasteiger partial charge on any atom is -0.372 e. The molecule has 2 aromatic rings. The monoisotopic (exact) mass is 370 g/mol. The van der Waals surface area contributed by atoms with Crippen molar-refractivity contribution in [2.45, 2.75) is 44.9 Å². The molecule has 0 saturated carbocycles. The van der Waals surface area contributed by atoms with Gasteiger partial charge in [-0.2, -0.15) is 0 Å². The van der Waals surface area contributed by atoms with Crippen LogP contribution in [0.2, 0.25) is 0 Å². The van der Waals surface area contributed by atoms with E-state index in [4.69, 9.17) is 4.74 Å². The van der Waals surface area contributed by atoms with E-state index in [2.05, 4.69) is 58.5 Å². The zero-order valence-electron chi connectivity index (χ0n) is 15.8. The van der Waals surface area contributed by atoms with Crippen LogP contribution in [0.5, 0.6) is 0 Å². The van der Waals surface area contributed by atoms with Gasteiger partial charge in [-0.05, 0) is 49.7 Å². The van der Waals surface area contributed by atoms with Crippen LogP contribution < -0.4 is 0 Å². The van der Waals surface area contributed by atoms with Crippen LogP contribution in [0.25, 0.3) is 0 Å². The fraction of sp³-hybridized carbons (Fsp3) is 0.545. The van der Waals surface area contributed by atoms with Crippen molar-refractivity contribution in [1.29, 1.82) is 0 Å². The number of hydrogen-bond donors (Lipinski definition) is 0. The van der Waals surface area contributed by atoms with E-state index in [1.807, 2.05) is 11.3 Å². The maximum absolute atomic E-state index is 6.39. The molecule has 1 atom stereocenters. The molecule has 2 fully saturated rings. The molecule has 0 aliphatic carbocycles. The highest BCUT2D eigenvalue weighted by molar-refractivity contribution is 7.09. The van der Waals surface area contributed by atoms with Crippen molar-refractivity contribution in [3.05, 3.63) is 57.8 Å². The largest absolute Gasteiger partial charge is 0.372 e. The summed E-state index contributed by atoms with van der Waals surface area (Å²) in [5.74, 6) is 0. The van der Waals surface area contributed by atoms with Gasteiger partial charge in [-0.25, -0.2) is 0 Å². The lowest BCUT2D eigenvalue weighted by molar-refractivity contribution is -0.118. The summed E-state index contributed by atoms with van der Waals surface area (Å²) in [4.78, 5) is 6.69. The van der Waals surface area contributed by atoms with Gasteiger partial charge in [0.05, 0.1) is 12.2 Å². The van der Waals surface area contributed by atoms with Gasteiger partial charge in [0.1, 0.15) is 0 Å². The third-order valence-corrected chi connectivity index (χ3v) is 6.63. The first-order valence-corrected chi connectivity index (χ1v) is 10.8. The maximum atomic E-state index is 6.39. The number of rotatable bonds is 4. The Kier molecular flexibility index (Phi) is 5.75. The van der Waals surface area contributed by atoms with Gasteiger partial charge in [0, 0.05) is 37.6 Å². The molecule has 0 bridgehead atoms. The summed E-state index contributed by atoms with van der Waals surface area (Å²) in [5.41, 5.74) is 2.86. The fourth-order valence-corrected chi connectivity index (χ4v) is 5.18. The summed E-state index contributed by atoms with van der Waals surface area (Å²) in [6, 6.07) is 13.3. The Morgan fingerprint density at radius 1 is 1.04 bits per heavy atom. The number of benzene rings is 1. The van der Waals surface area contributed by atoms with Gasteiger partial charge in [-0.15, -0.1) is 11.3 Å². The van der Waals surface area contributed by atoms with E-state index in [-0.39, 0.29) is 5.60 Å². The first kappa shape index (κ1) is 18.2. The Labute approximate surface area is 161 Å². The molecule has 1 spiro atoms. The van der Waals surface area contributed by atoms with Crippen molar-refractivity contribution in [2.24, 2.45) is 0 Å². The van der Waals surface area contributed by atoms with Gasteiger partial charge in [-0.1, -0.05) is 35.9 Å². The summed E-state index contributed by atoms with van der Waals surface area (Å²) in [7, 11) is 0. The van der Waals surface area contributed by atoms with Crippen molar-refractivity contribution >= 4 is 11.3 Å². The molecule has 0 unspecified atom stereocenters. The SMILES string of the molecule is Cc1cccc(CN2CCC[C@]3(CC2)CN(Cc2cccs2)CCO3)c1. The number of likely N-dealkylation sites (tertiary alicyclic amines) is 1. The molecule has 0 radical (unpaired) electrons. The number of hydrogen-bond acceptors (Lipinski definition) is 4. The average Bonchev–Trinajstić information content (AvgIpc) is 3.06. The Hall–Kier alpha value is -1.20. The highest BCUT2D eigenvalue weighted by Crippen LogP contribution is 2.31. The maximum Gasteiger partial charge on any atom is 0.0822 e. The molecule has 3 heterocycles. The Morgan fingerprint density at radius 3 is 2.85 bits per heavy atom. The van der Waals surface area contributed by atoms with Gasteiger partial charge in [0.25, 0.3) is 0 Å². The van der Waals surface area contributed by atoms with Crippen molar-refractivity contribution in [1.82, 2.24) is 9.80 Å². The third kappa shape index (κ3) is 4.55. The zero-order chi connectivity index (χ0) is 17.8. The molecule has 0 amide bonds. The van der Waals surface area contributed by atoms with Gasteiger partial charge in [0.15, 0.2) is 0 Å². The van der Waals surface area contributed by atoms with Crippen LogP contribution in [0, 0.1) is 6.92 Å². The van der Waals surface area contributed by atoms with Crippen LogP contribution in [-0.4, -0.2) is 48.2 Å². The number of ether oxygens (including phenoxy) is 1. The first-order valence-electron chi connectivity index (χ1n) is 9.87. The predicted octanol–water partition coefficient (Wildman–Crippen LogP) is 4.31. The van der Waals surface area contributed by atoms with Gasteiger partial charge < -0.3 is 4.74 Å². The lowest BCUT2D eigenvalue weighted by atomic mass is 9.92. The van der Waals surface area contributed by atoms with Crippen LogP contribution in [0.15, 0.2) is 41.8 Å². The molecule has 2 saturated heterocycles. The Morgan fingerprint density at radius 2 is 2.00 bits per heavy atom. The van der Waals surface area contributed by atoms with Crippen molar-refractivity contribution in [2.75, 3.05) is 32.8 Å². The molecule has 4 heteroatoms. The second-order valence-corrected chi connectivity index (χ2v) is 8.97. The Balaban J connectivity index is 1.36. The molecule has 0 N–H and O–H groups in total. The van der Waals surface area contributed by atoms with E-state index in [9.17, 15) is 0 Å². The van der Waals surface area contributed by atoms with Crippen LogP contribution >= 0.6 is 11.3 Å². The quantitative estimate of drug-likeness (QED) is 0.797. The van der Waals surface area contributed by atoms with E-state index < -0.39 is 0 Å². The summed E-state index contributed by atoms with van der Waals surface area (Å²) in [6.07, 6.45) is 3.58. The van der Waals surface area contributed by atoms with Gasteiger partial charge >= 0.3 is 0 Å². The molecule has 1 aromatic heterocycles. The fourth-order valence-electron chi connectivity index (χ4n) is 4.43. The summed E-state index contributed by atoms with van der Waals surface area (Å²) < 4.78 is 6.39. The molecule has 2 aliphatic heterocycles. The minimum atomic E-state index is 0.0663. The van der Waals surface area contributed by atoms with E-state index >= 15 is 0 Å². The second-order valence-electron chi connectivity index (χ2n) is 7.94. The van der Waals surface area contributed by atoms with E-state index in [0.29, 0.717) is 0 Å². The molecule has 3 nitrogen and oxygen atoms in total. The van der Waals surface area contributed by atoms with Crippen molar-refractivity contribution in [3.8, 4) is 0 Å². The Bertz CT molecular complexity index is 702. The first-order chi connectivity index (χ1) is 12.7. The molecule has 140 valence electrons. The van der Waals surface area contributed by atoms with E-state index in [1.54, 1.807) is 0 Å². The topological polar surface area (TPSA) is 15.7 Å². The predicted molar refractivity (Wildman–Crippen MR) is 109 cm³/mol. The highest BCUT2D eigenvalue weighted by Gasteiger charge is 2.38. The molecular formula is C22H30N2OS. The normalized spacial score (nSPS) is 25.4. The smallest absolute Gasteiger partial charge is 0.0822 e. The van der Waals surface area contributed by atoms with E-state index in [0.717, 1.165) is 45.8 Å². The standard InChI is InChI=1S/C22H30N2OS/c1-19-5-2-6-20(15-19)16-23-10-4-8-22(9-11-23)18-24(12-13-25-22)17-21-7-3-14-26-21/h2-3,5-7,14-15H,4,8-13,16-18H2,1H3/t22-/m0/s1. The third-order valence-electron chi connectivity index (χ3n) is 5.77. The van der Waals surface area contributed by atoms with Crippen LogP contribution in [0.1, 0.15) is 35.3 Å². The van der Waals surface area contributed by atoms with Gasteiger partial charge in [0.2, 0.25) is 0 Å². The molecule has 26 heavy (non-hydrogen) atoms. The number of aryl methyl sites for hydroxylation is 1. The molecule has 4 rings (SSSR count). The number of nitrogens with zero attached hydrogens (tertiary/aromatic N) is 2. The minimum absolute atomic E-state index is 0.0663. The van der Waals surface area contributed by atoms with Crippen LogP contribution in [-0.2, 0) is 17.8 Å². The lowest BCUT2D eigenvalue weighted by Gasteiger charge is -2.42. The summed E-state index contributed by atoms with van der Waals surface area (Å²) in [5, 5.41) is 2.18. The number of thiophene rings is 1. The molecular weight excluding hydrogens is 340 g/mol. The average molecular weight is 371 g/mol. The zero-order valence-corrected chi connectivity index (χ0v) is 16.6. The summed E-state index contributed by atoms with van der Waals surface area (Å²) >= 11 is 1.87. The number of morpholine rings is 1. The van der Waals surface area contributed by atoms with Crippen LogP contribution in [0.3, 0.4) is 0 Å². The van der Waals surface area contributed by atoms with E-state index in [1.165, 1.54) is 35.4 Å². The highest BCUT2D eigenvalue weighted by atomic mass is 32.1. The van der Waals surface area contributed by atoms with Crippen molar-refractivity contribution in [3.63, 3.8) is 0 Å². The molecule has 1 aromatic carbocycles. The summed E-state index contributed by atoms with van der Waals surface area (Å²) in [6.45, 7) is 9.68. The lowest BCUT2D eigenvalue weighted by Crippen LogP contribution is -2.51. The van der Waals surface area contributed by atoms with Gasteiger partial charge in [-0.3, -0.25) is 9.80 Å². The van der Waals surface area contributed by atoms with Crippen LogP contribution in [0.4, 0.5) is 0 Å².